The van der Waals surface area contributed by atoms with Crippen molar-refractivity contribution in [3.63, 3.8) is 0 Å². The molecule has 0 heterocycles. The first-order chi connectivity index (χ1) is 9.45. The largest absolute Gasteiger partial charge is 0.463 e. The highest BCUT2D eigenvalue weighted by Crippen LogP contribution is 2.17. The highest BCUT2D eigenvalue weighted by atomic mass is 127. The fourth-order valence-electron chi connectivity index (χ4n) is 1.55. The highest BCUT2D eigenvalue weighted by molar-refractivity contribution is 14.1. The van der Waals surface area contributed by atoms with Crippen molar-refractivity contribution in [1.82, 2.24) is 5.32 Å². The summed E-state index contributed by atoms with van der Waals surface area (Å²) in [6.45, 7) is 6.37. The number of carbonyl (C=O) groups is 2. The van der Waals surface area contributed by atoms with E-state index in [1.54, 1.807) is 13.0 Å². The van der Waals surface area contributed by atoms with Gasteiger partial charge >= 0.3 is 5.97 Å². The Morgan fingerprint density at radius 3 is 2.60 bits per heavy atom. The smallest absolute Gasteiger partial charge is 0.330 e. The van der Waals surface area contributed by atoms with Crippen LogP contribution in [0.15, 0.2) is 24.3 Å². The third kappa shape index (κ3) is 4.96. The topological polar surface area (TPSA) is 55.4 Å². The number of hydrogen-bond donors (Lipinski definition) is 1. The Balaban J connectivity index is 2.60. The molecule has 0 spiro atoms. The first-order valence-corrected chi connectivity index (χ1v) is 7.41. The lowest BCUT2D eigenvalue weighted by molar-refractivity contribution is -0.137. The van der Waals surface area contributed by atoms with Crippen molar-refractivity contribution in [3.8, 4) is 0 Å². The number of hydrogen-bond acceptors (Lipinski definition) is 3. The normalized spacial score (nSPS) is 10.6. The predicted molar refractivity (Wildman–Crippen MR) is 86.7 cm³/mol. The zero-order valence-corrected chi connectivity index (χ0v) is 14.0. The lowest BCUT2D eigenvalue weighted by Crippen LogP contribution is -2.24. The van der Waals surface area contributed by atoms with Gasteiger partial charge in [0.2, 0.25) is 0 Å². The molecule has 0 unspecified atom stereocenters. The maximum atomic E-state index is 12.0. The zero-order chi connectivity index (χ0) is 15.1. The van der Waals surface area contributed by atoms with Crippen molar-refractivity contribution < 1.29 is 14.3 Å². The Kier molecular flexibility index (Phi) is 6.70. The van der Waals surface area contributed by atoms with Gasteiger partial charge in [0, 0.05) is 16.2 Å². The molecule has 0 bridgehead atoms. The monoisotopic (exact) mass is 387 g/mol. The molecular weight excluding hydrogens is 369 g/mol. The van der Waals surface area contributed by atoms with E-state index >= 15 is 0 Å². The fraction of sp³-hybridized carbons (Fsp3) is 0.333. The number of rotatable bonds is 5. The van der Waals surface area contributed by atoms with Gasteiger partial charge in [-0.15, -0.1) is 0 Å². The minimum Gasteiger partial charge on any atom is -0.463 e. The Labute approximate surface area is 132 Å². The summed E-state index contributed by atoms with van der Waals surface area (Å²) >= 11 is 2.15. The molecule has 108 valence electrons. The number of aryl methyl sites for hydroxylation is 2. The van der Waals surface area contributed by atoms with Crippen molar-refractivity contribution in [2.45, 2.75) is 20.8 Å². The van der Waals surface area contributed by atoms with Crippen LogP contribution in [0.3, 0.4) is 0 Å². The van der Waals surface area contributed by atoms with Gasteiger partial charge in [-0.2, -0.15) is 0 Å². The lowest BCUT2D eigenvalue weighted by atomic mass is 10.1. The number of ether oxygens (including phenoxy) is 1. The molecule has 0 fully saturated rings. The van der Waals surface area contributed by atoms with E-state index in [-0.39, 0.29) is 5.91 Å². The van der Waals surface area contributed by atoms with Crippen LogP contribution in [0.1, 0.15) is 28.4 Å². The van der Waals surface area contributed by atoms with Crippen molar-refractivity contribution in [1.29, 1.82) is 0 Å². The minimum absolute atomic E-state index is 0.147. The van der Waals surface area contributed by atoms with E-state index in [9.17, 15) is 9.59 Å². The van der Waals surface area contributed by atoms with Crippen LogP contribution in [0.4, 0.5) is 0 Å². The number of benzene rings is 1. The molecule has 0 aliphatic carbocycles. The fourth-order valence-corrected chi connectivity index (χ4v) is 2.42. The summed E-state index contributed by atoms with van der Waals surface area (Å²) in [4.78, 5) is 23.1. The molecule has 1 amide bonds. The summed E-state index contributed by atoms with van der Waals surface area (Å²) < 4.78 is 5.66. The minimum atomic E-state index is -0.400. The maximum Gasteiger partial charge on any atom is 0.330 e. The summed E-state index contributed by atoms with van der Waals surface area (Å²) in [5.74, 6) is -0.548. The Bertz CT molecular complexity index is 538. The molecule has 0 radical (unpaired) electrons. The van der Waals surface area contributed by atoms with E-state index in [1.165, 1.54) is 6.08 Å². The molecule has 0 saturated carbocycles. The summed E-state index contributed by atoms with van der Waals surface area (Å²) in [6.07, 6.45) is 2.89. The maximum absolute atomic E-state index is 12.0. The van der Waals surface area contributed by atoms with Crippen LogP contribution >= 0.6 is 22.6 Å². The number of esters is 1. The van der Waals surface area contributed by atoms with Gasteiger partial charge in [-0.25, -0.2) is 4.79 Å². The molecule has 1 rings (SSSR count). The van der Waals surface area contributed by atoms with Gasteiger partial charge in [-0.3, -0.25) is 4.79 Å². The summed E-state index contributed by atoms with van der Waals surface area (Å²) in [5.41, 5.74) is 2.89. The van der Waals surface area contributed by atoms with Crippen LogP contribution in [0.2, 0.25) is 0 Å². The third-order valence-electron chi connectivity index (χ3n) is 2.75. The quantitative estimate of drug-likeness (QED) is 0.480. The lowest BCUT2D eigenvalue weighted by Gasteiger charge is -2.08. The van der Waals surface area contributed by atoms with Gasteiger partial charge in [0.1, 0.15) is 0 Å². The van der Waals surface area contributed by atoms with Crippen LogP contribution in [-0.2, 0) is 9.53 Å². The molecule has 0 aliphatic rings. The first kappa shape index (κ1) is 16.7. The Hall–Kier alpha value is -1.37. The number of nitrogens with one attached hydrogen (secondary N) is 1. The summed E-state index contributed by atoms with van der Waals surface area (Å²) in [6, 6.07) is 3.86. The predicted octanol–water partition coefficient (Wildman–Crippen LogP) is 2.76. The van der Waals surface area contributed by atoms with Gasteiger partial charge in [0.15, 0.2) is 0 Å². The average Bonchev–Trinajstić information content (AvgIpc) is 2.39. The van der Waals surface area contributed by atoms with E-state index in [0.717, 1.165) is 14.7 Å². The van der Waals surface area contributed by atoms with Crippen molar-refractivity contribution >= 4 is 34.5 Å². The van der Waals surface area contributed by atoms with E-state index in [4.69, 9.17) is 4.74 Å². The van der Waals surface area contributed by atoms with E-state index in [2.05, 4.69) is 27.9 Å². The molecule has 0 atom stereocenters. The van der Waals surface area contributed by atoms with Crippen molar-refractivity contribution in [3.05, 3.63) is 44.5 Å². The third-order valence-corrected chi connectivity index (χ3v) is 3.64. The summed E-state index contributed by atoms with van der Waals surface area (Å²) in [7, 11) is 0. The molecule has 1 aromatic carbocycles. The van der Waals surface area contributed by atoms with Crippen LogP contribution in [0.25, 0.3) is 0 Å². The molecule has 20 heavy (non-hydrogen) atoms. The van der Waals surface area contributed by atoms with Crippen LogP contribution in [0.5, 0.6) is 0 Å². The van der Waals surface area contributed by atoms with Crippen LogP contribution in [-0.4, -0.2) is 25.0 Å². The highest BCUT2D eigenvalue weighted by Gasteiger charge is 2.10. The van der Waals surface area contributed by atoms with E-state index in [0.29, 0.717) is 18.7 Å². The van der Waals surface area contributed by atoms with Gasteiger partial charge < -0.3 is 10.1 Å². The number of halogens is 1. The van der Waals surface area contributed by atoms with Gasteiger partial charge in [-0.1, -0.05) is 6.08 Å². The SMILES string of the molecule is CCOC(=O)/C=C\CNC(=O)c1cc(C)c(C)cc1I. The summed E-state index contributed by atoms with van der Waals surface area (Å²) in [5, 5.41) is 2.75. The van der Waals surface area contributed by atoms with Crippen molar-refractivity contribution in [2.75, 3.05) is 13.2 Å². The Morgan fingerprint density at radius 1 is 1.30 bits per heavy atom. The molecular formula is C15H18INO3. The molecule has 1 aromatic rings. The number of amides is 1. The molecule has 1 N–H and O–H groups in total. The second-order valence-electron chi connectivity index (χ2n) is 4.28. The molecule has 0 aromatic heterocycles. The molecule has 4 nitrogen and oxygen atoms in total. The van der Waals surface area contributed by atoms with Gasteiger partial charge in [0.25, 0.3) is 5.91 Å². The second-order valence-corrected chi connectivity index (χ2v) is 5.44. The second kappa shape index (κ2) is 8.04. The van der Waals surface area contributed by atoms with Gasteiger partial charge in [0.05, 0.1) is 12.2 Å². The van der Waals surface area contributed by atoms with Gasteiger partial charge in [-0.05, 0) is 66.6 Å². The molecule has 0 saturated heterocycles. The standard InChI is InChI=1S/C15H18INO3/c1-4-20-14(18)6-5-7-17-15(19)12-8-10(2)11(3)9-13(12)16/h5-6,8-9H,4,7H2,1-3H3,(H,17,19)/b6-5-. The van der Waals surface area contributed by atoms with Crippen molar-refractivity contribution in [2.24, 2.45) is 0 Å². The van der Waals surface area contributed by atoms with Crippen LogP contribution < -0.4 is 5.32 Å². The zero-order valence-electron chi connectivity index (χ0n) is 11.8. The first-order valence-electron chi connectivity index (χ1n) is 6.34. The Morgan fingerprint density at radius 2 is 1.95 bits per heavy atom. The average molecular weight is 387 g/mol. The molecule has 5 heteroatoms. The van der Waals surface area contributed by atoms with E-state index in [1.807, 2.05) is 26.0 Å². The molecule has 0 aliphatic heterocycles. The van der Waals surface area contributed by atoms with E-state index < -0.39 is 5.97 Å². The number of carbonyl (C=O) groups excluding carboxylic acids is 2. The van der Waals surface area contributed by atoms with Crippen LogP contribution in [0, 0.1) is 17.4 Å².